The second-order valence-corrected chi connectivity index (χ2v) is 5.37. The van der Waals surface area contributed by atoms with E-state index in [1.54, 1.807) is 12.1 Å². The summed E-state index contributed by atoms with van der Waals surface area (Å²) in [7, 11) is 3.04. The normalized spacial score (nSPS) is 14.1. The molecular weight excluding hydrogens is 286 g/mol. The van der Waals surface area contributed by atoms with E-state index < -0.39 is 5.97 Å². The summed E-state index contributed by atoms with van der Waals surface area (Å²) < 4.78 is 12.6. The van der Waals surface area contributed by atoms with E-state index in [1.165, 1.54) is 20.3 Å². The van der Waals surface area contributed by atoms with Crippen molar-refractivity contribution in [2.75, 3.05) is 14.2 Å². The molecule has 22 heavy (non-hydrogen) atoms. The fourth-order valence-corrected chi connectivity index (χ4v) is 2.84. The maximum atomic E-state index is 12.5. The smallest absolute Gasteiger partial charge is 0.309 e. The maximum absolute atomic E-state index is 12.5. The Bertz CT molecular complexity index is 804. The third-order valence-corrected chi connectivity index (χ3v) is 3.88. The molecule has 6 nitrogen and oxygen atoms in total. The molecule has 3 rings (SSSR count). The Labute approximate surface area is 126 Å². The maximum Gasteiger partial charge on any atom is 0.309 e. The monoisotopic (exact) mass is 303 g/mol. The summed E-state index contributed by atoms with van der Waals surface area (Å²) in [5, 5.41) is 9.55. The van der Waals surface area contributed by atoms with E-state index in [1.807, 2.05) is 4.57 Å². The number of ether oxygens (including phenoxy) is 2. The predicted molar refractivity (Wildman–Crippen MR) is 80.9 cm³/mol. The lowest BCUT2D eigenvalue weighted by Gasteiger charge is -2.19. The largest absolute Gasteiger partial charge is 0.496 e. The van der Waals surface area contributed by atoms with Crippen LogP contribution in [-0.4, -0.2) is 29.9 Å². The number of carboxylic acids is 1. The molecule has 1 saturated carbocycles. The van der Waals surface area contributed by atoms with E-state index in [4.69, 9.17) is 14.6 Å². The van der Waals surface area contributed by atoms with Gasteiger partial charge in [-0.2, -0.15) is 0 Å². The van der Waals surface area contributed by atoms with Crippen LogP contribution >= 0.6 is 0 Å². The molecule has 6 heteroatoms. The van der Waals surface area contributed by atoms with Gasteiger partial charge in [-0.1, -0.05) is 0 Å². The van der Waals surface area contributed by atoms with Crippen LogP contribution in [0.25, 0.3) is 10.9 Å². The number of carbonyl (C=O) groups is 1. The third kappa shape index (κ3) is 2.30. The van der Waals surface area contributed by atoms with Crippen LogP contribution in [0.15, 0.2) is 23.0 Å². The van der Waals surface area contributed by atoms with Crippen LogP contribution in [0.3, 0.4) is 0 Å². The van der Waals surface area contributed by atoms with Gasteiger partial charge in [-0.3, -0.25) is 9.59 Å². The molecule has 0 unspecified atom stereocenters. The predicted octanol–water partition coefficient (Wildman–Crippen LogP) is 1.98. The van der Waals surface area contributed by atoms with Gasteiger partial charge in [-0.25, -0.2) is 0 Å². The molecule has 2 aromatic rings. The molecule has 0 atom stereocenters. The van der Waals surface area contributed by atoms with E-state index in [9.17, 15) is 9.59 Å². The van der Waals surface area contributed by atoms with E-state index in [-0.39, 0.29) is 17.9 Å². The Morgan fingerprint density at radius 1 is 1.27 bits per heavy atom. The van der Waals surface area contributed by atoms with Gasteiger partial charge in [-0.05, 0) is 25.0 Å². The molecule has 1 aliphatic carbocycles. The molecule has 1 heterocycles. The Morgan fingerprint density at radius 2 is 1.91 bits per heavy atom. The highest BCUT2D eigenvalue weighted by molar-refractivity contribution is 5.91. The standard InChI is InChI=1S/C16H17NO5/c1-21-12-5-6-13(22-2)16-15(12)11(18)7-10(8-14(19)20)17(16)9-3-4-9/h5-7,9H,3-4,8H2,1-2H3,(H,19,20). The topological polar surface area (TPSA) is 77.8 Å². The number of benzene rings is 1. The molecule has 116 valence electrons. The number of fused-ring (bicyclic) bond motifs is 1. The van der Waals surface area contributed by atoms with Crippen molar-refractivity contribution in [2.45, 2.75) is 25.3 Å². The average Bonchev–Trinajstić information content (AvgIpc) is 3.30. The van der Waals surface area contributed by atoms with Gasteiger partial charge in [0.1, 0.15) is 11.5 Å². The van der Waals surface area contributed by atoms with Crippen molar-refractivity contribution < 1.29 is 19.4 Å². The van der Waals surface area contributed by atoms with E-state index in [0.717, 1.165) is 12.8 Å². The minimum atomic E-state index is -0.963. The first-order valence-electron chi connectivity index (χ1n) is 7.07. The number of hydrogen-bond acceptors (Lipinski definition) is 4. The van der Waals surface area contributed by atoms with Crippen molar-refractivity contribution in [3.8, 4) is 11.5 Å². The first-order valence-corrected chi connectivity index (χ1v) is 7.07. The van der Waals surface area contributed by atoms with Gasteiger partial charge in [0.15, 0.2) is 5.43 Å². The Kier molecular flexibility index (Phi) is 3.52. The summed E-state index contributed by atoms with van der Waals surface area (Å²) in [6.45, 7) is 0. The highest BCUT2D eigenvalue weighted by Crippen LogP contribution is 2.42. The van der Waals surface area contributed by atoms with Crippen molar-refractivity contribution in [3.05, 3.63) is 34.1 Å². The Morgan fingerprint density at radius 3 is 2.45 bits per heavy atom. The molecule has 0 bridgehead atoms. The molecule has 0 aliphatic heterocycles. The summed E-state index contributed by atoms with van der Waals surface area (Å²) >= 11 is 0. The third-order valence-electron chi connectivity index (χ3n) is 3.88. The summed E-state index contributed by atoms with van der Waals surface area (Å²) in [6.07, 6.45) is 1.73. The van der Waals surface area contributed by atoms with Crippen LogP contribution in [0.4, 0.5) is 0 Å². The molecule has 1 fully saturated rings. The zero-order chi connectivity index (χ0) is 15.9. The number of aromatic nitrogens is 1. The van der Waals surface area contributed by atoms with Gasteiger partial charge in [0.05, 0.1) is 31.5 Å². The number of rotatable bonds is 5. The van der Waals surface area contributed by atoms with Crippen molar-refractivity contribution in [3.63, 3.8) is 0 Å². The lowest BCUT2D eigenvalue weighted by atomic mass is 10.1. The van der Waals surface area contributed by atoms with Crippen molar-refractivity contribution in [1.29, 1.82) is 0 Å². The minimum Gasteiger partial charge on any atom is -0.496 e. The number of nitrogens with zero attached hydrogens (tertiary/aromatic N) is 1. The molecule has 1 N–H and O–H groups in total. The lowest BCUT2D eigenvalue weighted by molar-refractivity contribution is -0.136. The molecule has 1 aromatic carbocycles. The SMILES string of the molecule is COc1ccc(OC)c2c1c(=O)cc(CC(=O)O)n2C1CC1. The molecule has 0 amide bonds. The average molecular weight is 303 g/mol. The number of aliphatic carboxylic acids is 1. The van der Waals surface area contributed by atoms with E-state index in [0.29, 0.717) is 28.1 Å². The van der Waals surface area contributed by atoms with Gasteiger partial charge in [0.2, 0.25) is 0 Å². The summed E-state index contributed by atoms with van der Waals surface area (Å²) in [6, 6.07) is 5.04. The van der Waals surface area contributed by atoms with Crippen molar-refractivity contribution in [1.82, 2.24) is 4.57 Å². The first-order chi connectivity index (χ1) is 10.6. The fourth-order valence-electron chi connectivity index (χ4n) is 2.84. The highest BCUT2D eigenvalue weighted by Gasteiger charge is 2.29. The fraction of sp³-hybridized carbons (Fsp3) is 0.375. The lowest BCUT2D eigenvalue weighted by Crippen LogP contribution is -2.17. The Hall–Kier alpha value is -2.50. The summed E-state index contributed by atoms with van der Waals surface area (Å²) in [5.74, 6) is 0.0547. The molecule has 0 saturated heterocycles. The molecule has 0 radical (unpaired) electrons. The van der Waals surface area contributed by atoms with Crippen LogP contribution in [-0.2, 0) is 11.2 Å². The Balaban J connectivity index is 2.42. The quantitative estimate of drug-likeness (QED) is 0.914. The number of pyridine rings is 1. The number of hydrogen-bond donors (Lipinski definition) is 1. The van der Waals surface area contributed by atoms with Gasteiger partial charge in [-0.15, -0.1) is 0 Å². The van der Waals surface area contributed by atoms with Crippen LogP contribution in [0, 0.1) is 0 Å². The number of carboxylic acid groups (broad SMARTS) is 1. The highest BCUT2D eigenvalue weighted by atomic mass is 16.5. The van der Waals surface area contributed by atoms with Crippen LogP contribution in [0.2, 0.25) is 0 Å². The van der Waals surface area contributed by atoms with Crippen LogP contribution in [0.1, 0.15) is 24.6 Å². The number of methoxy groups -OCH3 is 2. The van der Waals surface area contributed by atoms with Gasteiger partial charge in [0, 0.05) is 17.8 Å². The van der Waals surface area contributed by atoms with Crippen molar-refractivity contribution >= 4 is 16.9 Å². The van der Waals surface area contributed by atoms with Gasteiger partial charge < -0.3 is 19.1 Å². The summed E-state index contributed by atoms with van der Waals surface area (Å²) in [5.41, 5.74) is 0.867. The van der Waals surface area contributed by atoms with Gasteiger partial charge in [0.25, 0.3) is 0 Å². The second kappa shape index (κ2) is 5.36. The zero-order valence-corrected chi connectivity index (χ0v) is 12.5. The summed E-state index contributed by atoms with van der Waals surface area (Å²) in [4.78, 5) is 23.6. The van der Waals surface area contributed by atoms with E-state index >= 15 is 0 Å². The molecular formula is C16H17NO5. The zero-order valence-electron chi connectivity index (χ0n) is 12.5. The van der Waals surface area contributed by atoms with Gasteiger partial charge >= 0.3 is 5.97 Å². The van der Waals surface area contributed by atoms with Crippen LogP contribution < -0.4 is 14.9 Å². The van der Waals surface area contributed by atoms with Crippen molar-refractivity contribution in [2.24, 2.45) is 0 Å². The second-order valence-electron chi connectivity index (χ2n) is 5.37. The van der Waals surface area contributed by atoms with Crippen LogP contribution in [0.5, 0.6) is 11.5 Å². The van der Waals surface area contributed by atoms with E-state index in [2.05, 4.69) is 0 Å². The molecule has 1 aromatic heterocycles. The minimum absolute atomic E-state index is 0.192. The molecule has 1 aliphatic rings. The first kappa shape index (κ1) is 14.4. The molecule has 0 spiro atoms.